The first-order valence-electron chi connectivity index (χ1n) is 7.83. The Kier molecular flexibility index (Phi) is 6.15. The molecule has 122 valence electrons. The molecule has 1 saturated heterocycles. The summed E-state index contributed by atoms with van der Waals surface area (Å²) in [6.07, 6.45) is 0.797. The van der Waals surface area contributed by atoms with Crippen LogP contribution in [0.2, 0.25) is 0 Å². The summed E-state index contributed by atoms with van der Waals surface area (Å²) in [7, 11) is 0. The number of carbonyl (C=O) groups is 1. The van der Waals surface area contributed by atoms with E-state index >= 15 is 0 Å². The maximum Gasteiger partial charge on any atom is 0.410 e. The van der Waals surface area contributed by atoms with Crippen molar-refractivity contribution >= 4 is 17.9 Å². The highest BCUT2D eigenvalue weighted by atomic mass is 32.2. The molecule has 22 heavy (non-hydrogen) atoms. The lowest BCUT2D eigenvalue weighted by molar-refractivity contribution is 0.0291. The molecule has 1 N–H and O–H groups in total. The molecule has 1 amide bonds. The van der Waals surface area contributed by atoms with Crippen molar-refractivity contribution in [1.82, 2.24) is 10.2 Å². The van der Waals surface area contributed by atoms with E-state index in [1.54, 1.807) is 4.90 Å². The molecule has 0 aromatic heterocycles. The van der Waals surface area contributed by atoms with E-state index in [9.17, 15) is 4.79 Å². The van der Waals surface area contributed by atoms with Gasteiger partial charge in [0, 0.05) is 36.3 Å². The molecule has 0 saturated carbocycles. The summed E-state index contributed by atoms with van der Waals surface area (Å²) in [5.74, 6) is 1.03. The van der Waals surface area contributed by atoms with E-state index in [4.69, 9.17) is 4.74 Å². The second-order valence-corrected chi connectivity index (χ2v) is 7.70. The van der Waals surface area contributed by atoms with Gasteiger partial charge in [-0.25, -0.2) is 4.79 Å². The lowest BCUT2D eigenvalue weighted by Gasteiger charge is -2.24. The van der Waals surface area contributed by atoms with Crippen LogP contribution in [0.4, 0.5) is 4.79 Å². The number of benzene rings is 1. The van der Waals surface area contributed by atoms with Crippen molar-refractivity contribution in [3.8, 4) is 0 Å². The molecular weight excluding hydrogens is 296 g/mol. The molecule has 0 spiro atoms. The Hall–Kier alpha value is -1.20. The third-order valence-corrected chi connectivity index (χ3v) is 4.40. The van der Waals surface area contributed by atoms with Gasteiger partial charge in [0.25, 0.3) is 0 Å². The smallest absolute Gasteiger partial charge is 0.410 e. The number of ether oxygens (including phenoxy) is 1. The van der Waals surface area contributed by atoms with Crippen LogP contribution in [-0.4, -0.2) is 48.0 Å². The number of carbonyl (C=O) groups excluding carboxylic acids is 1. The fourth-order valence-corrected chi connectivity index (χ4v) is 3.17. The maximum absolute atomic E-state index is 12.0. The first-order chi connectivity index (χ1) is 10.4. The molecule has 4 nitrogen and oxygen atoms in total. The number of nitrogens with one attached hydrogen (secondary N) is 1. The first kappa shape index (κ1) is 17.2. The SMILES string of the molecule is CC(C)(C)OC(=O)N1CCC(NCCSc2ccccc2)C1. The summed E-state index contributed by atoms with van der Waals surface area (Å²) in [5, 5.41) is 3.53. The van der Waals surface area contributed by atoms with Crippen LogP contribution in [0.15, 0.2) is 35.2 Å². The maximum atomic E-state index is 12.0. The van der Waals surface area contributed by atoms with Gasteiger partial charge >= 0.3 is 6.09 Å². The van der Waals surface area contributed by atoms with Crippen molar-refractivity contribution < 1.29 is 9.53 Å². The summed E-state index contributed by atoms with van der Waals surface area (Å²) >= 11 is 1.85. The number of likely N-dealkylation sites (tertiary alicyclic amines) is 1. The lowest BCUT2D eigenvalue weighted by atomic mass is 10.2. The third-order valence-electron chi connectivity index (χ3n) is 3.39. The second kappa shape index (κ2) is 7.88. The Bertz CT molecular complexity index is 473. The van der Waals surface area contributed by atoms with Crippen LogP contribution >= 0.6 is 11.8 Å². The third kappa shape index (κ3) is 5.89. The van der Waals surface area contributed by atoms with Crippen LogP contribution in [0.1, 0.15) is 27.2 Å². The summed E-state index contributed by atoms with van der Waals surface area (Å²) in [6, 6.07) is 10.8. The van der Waals surface area contributed by atoms with Gasteiger partial charge in [0.1, 0.15) is 5.60 Å². The van der Waals surface area contributed by atoms with Crippen molar-refractivity contribution in [2.24, 2.45) is 0 Å². The van der Waals surface area contributed by atoms with Gasteiger partial charge in [-0.2, -0.15) is 0 Å². The molecule has 2 rings (SSSR count). The van der Waals surface area contributed by atoms with Crippen molar-refractivity contribution in [3.05, 3.63) is 30.3 Å². The predicted molar refractivity (Wildman–Crippen MR) is 91.4 cm³/mol. The van der Waals surface area contributed by atoms with E-state index in [1.807, 2.05) is 38.6 Å². The average molecular weight is 322 g/mol. The number of hydrogen-bond donors (Lipinski definition) is 1. The zero-order valence-corrected chi connectivity index (χ0v) is 14.5. The lowest BCUT2D eigenvalue weighted by Crippen LogP contribution is -2.38. The normalized spacial score (nSPS) is 18.5. The van der Waals surface area contributed by atoms with Gasteiger partial charge in [0.2, 0.25) is 0 Å². The molecule has 1 heterocycles. The van der Waals surface area contributed by atoms with Crippen LogP contribution < -0.4 is 5.32 Å². The predicted octanol–water partition coefficient (Wildman–Crippen LogP) is 3.38. The van der Waals surface area contributed by atoms with E-state index < -0.39 is 5.60 Å². The van der Waals surface area contributed by atoms with Crippen molar-refractivity contribution in [2.45, 2.75) is 43.7 Å². The van der Waals surface area contributed by atoms with Crippen LogP contribution in [-0.2, 0) is 4.74 Å². The quantitative estimate of drug-likeness (QED) is 0.666. The van der Waals surface area contributed by atoms with Gasteiger partial charge < -0.3 is 15.0 Å². The molecule has 1 aliphatic heterocycles. The minimum Gasteiger partial charge on any atom is -0.444 e. The van der Waals surface area contributed by atoms with Gasteiger partial charge in [-0.05, 0) is 39.3 Å². The summed E-state index contributed by atoms with van der Waals surface area (Å²) in [4.78, 5) is 15.1. The molecule has 0 bridgehead atoms. The Morgan fingerprint density at radius 1 is 1.36 bits per heavy atom. The Labute approximate surface area is 137 Å². The van der Waals surface area contributed by atoms with Crippen LogP contribution in [0.3, 0.4) is 0 Å². The average Bonchev–Trinajstić information content (AvgIpc) is 2.92. The number of amides is 1. The molecular formula is C17H26N2O2S. The Balaban J connectivity index is 1.63. The highest BCUT2D eigenvalue weighted by Gasteiger charge is 2.29. The number of rotatable bonds is 5. The van der Waals surface area contributed by atoms with Crippen LogP contribution in [0, 0.1) is 0 Å². The highest BCUT2D eigenvalue weighted by molar-refractivity contribution is 7.99. The topological polar surface area (TPSA) is 41.6 Å². The largest absolute Gasteiger partial charge is 0.444 e. The monoisotopic (exact) mass is 322 g/mol. The number of nitrogens with zero attached hydrogens (tertiary/aromatic N) is 1. The van der Waals surface area contributed by atoms with Crippen molar-refractivity contribution in [3.63, 3.8) is 0 Å². The molecule has 1 fully saturated rings. The molecule has 1 aromatic carbocycles. The van der Waals surface area contributed by atoms with E-state index in [-0.39, 0.29) is 6.09 Å². The van der Waals surface area contributed by atoms with Crippen molar-refractivity contribution in [1.29, 1.82) is 0 Å². The molecule has 1 atom stereocenters. The summed E-state index contributed by atoms with van der Waals surface area (Å²) < 4.78 is 5.41. The zero-order valence-electron chi connectivity index (χ0n) is 13.7. The van der Waals surface area contributed by atoms with Crippen LogP contribution in [0.25, 0.3) is 0 Å². The van der Waals surface area contributed by atoms with E-state index in [1.165, 1.54) is 4.90 Å². The summed E-state index contributed by atoms with van der Waals surface area (Å²) in [5.41, 5.74) is -0.422. The Morgan fingerprint density at radius 2 is 2.09 bits per heavy atom. The first-order valence-corrected chi connectivity index (χ1v) is 8.82. The van der Waals surface area contributed by atoms with Gasteiger partial charge in [-0.15, -0.1) is 11.8 Å². The fourth-order valence-electron chi connectivity index (χ4n) is 2.37. The molecule has 0 aliphatic carbocycles. The fraction of sp³-hybridized carbons (Fsp3) is 0.588. The minimum absolute atomic E-state index is 0.199. The highest BCUT2D eigenvalue weighted by Crippen LogP contribution is 2.17. The molecule has 1 aromatic rings. The molecule has 0 radical (unpaired) electrons. The van der Waals surface area contributed by atoms with Gasteiger partial charge in [0.05, 0.1) is 0 Å². The van der Waals surface area contributed by atoms with Gasteiger partial charge in [-0.1, -0.05) is 18.2 Å². The van der Waals surface area contributed by atoms with Crippen molar-refractivity contribution in [2.75, 3.05) is 25.4 Å². The molecule has 5 heteroatoms. The van der Waals surface area contributed by atoms with E-state index in [0.29, 0.717) is 6.04 Å². The molecule has 1 unspecified atom stereocenters. The number of hydrogen-bond acceptors (Lipinski definition) is 4. The molecule has 1 aliphatic rings. The van der Waals surface area contributed by atoms with Crippen LogP contribution in [0.5, 0.6) is 0 Å². The number of thioether (sulfide) groups is 1. The summed E-state index contributed by atoms with van der Waals surface area (Å²) in [6.45, 7) is 8.17. The second-order valence-electron chi connectivity index (χ2n) is 6.53. The van der Waals surface area contributed by atoms with Gasteiger partial charge in [-0.3, -0.25) is 0 Å². The van der Waals surface area contributed by atoms with Gasteiger partial charge in [0.15, 0.2) is 0 Å². The minimum atomic E-state index is -0.422. The van der Waals surface area contributed by atoms with E-state index in [2.05, 4.69) is 29.6 Å². The standard InChI is InChI=1S/C17H26N2O2S/c1-17(2,3)21-16(20)19-11-9-14(13-19)18-10-12-22-15-7-5-4-6-8-15/h4-8,14,18H,9-13H2,1-3H3. The zero-order chi connectivity index (χ0) is 16.0. The van der Waals surface area contributed by atoms with E-state index in [0.717, 1.165) is 31.8 Å². The Morgan fingerprint density at radius 3 is 2.77 bits per heavy atom.